The average molecular weight is 332 g/mol. The molecule has 1 N–H and O–H groups in total. The molecule has 5 heteroatoms. The Kier molecular flexibility index (Phi) is 4.45. The molecule has 3 nitrogen and oxygen atoms in total. The lowest BCUT2D eigenvalue weighted by Crippen LogP contribution is -2.23. The molecule has 1 aromatic rings. The van der Waals surface area contributed by atoms with Gasteiger partial charge in [-0.05, 0) is 43.0 Å². The molecule has 1 atom stereocenters. The Balaban J connectivity index is 1.80. The van der Waals surface area contributed by atoms with Crippen LogP contribution in [0.2, 0.25) is 0 Å². The molecule has 2 rings (SSSR count). The van der Waals surface area contributed by atoms with Gasteiger partial charge >= 0.3 is 0 Å². The summed E-state index contributed by atoms with van der Waals surface area (Å²) in [7, 11) is -2.75. The Morgan fingerprint density at radius 1 is 1.44 bits per heavy atom. The van der Waals surface area contributed by atoms with E-state index in [1.54, 1.807) is 0 Å². The molecule has 18 heavy (non-hydrogen) atoms. The van der Waals surface area contributed by atoms with Gasteiger partial charge in [0.15, 0.2) is 9.84 Å². The van der Waals surface area contributed by atoms with E-state index in [1.807, 2.05) is 6.07 Å². The summed E-state index contributed by atoms with van der Waals surface area (Å²) < 4.78 is 23.8. The van der Waals surface area contributed by atoms with Gasteiger partial charge in [0.1, 0.15) is 0 Å². The van der Waals surface area contributed by atoms with E-state index >= 15 is 0 Å². The molecule has 100 valence electrons. The summed E-state index contributed by atoms with van der Waals surface area (Å²) in [5, 5.41) is 3.35. The van der Waals surface area contributed by atoms with Crippen LogP contribution in [-0.4, -0.2) is 26.5 Å². The van der Waals surface area contributed by atoms with E-state index < -0.39 is 9.84 Å². The number of sulfone groups is 1. The molecule has 1 aromatic carbocycles. The Hall–Kier alpha value is -0.390. The number of hydrogen-bond donors (Lipinski definition) is 1. The first-order valence-corrected chi connectivity index (χ1v) is 8.74. The first kappa shape index (κ1) is 14.0. The predicted octanol–water partition coefficient (Wildman–Crippen LogP) is 2.28. The fraction of sp³-hybridized carbons (Fsp3) is 0.538. The lowest BCUT2D eigenvalue weighted by molar-refractivity contribution is 0.521. The molecular formula is C13H18BrNO2S. The van der Waals surface area contributed by atoms with Gasteiger partial charge in [-0.1, -0.05) is 28.1 Å². The van der Waals surface area contributed by atoms with Crippen molar-refractivity contribution in [3.63, 3.8) is 0 Å². The van der Waals surface area contributed by atoms with Gasteiger partial charge in [-0.2, -0.15) is 0 Å². The Morgan fingerprint density at radius 2 is 2.22 bits per heavy atom. The molecule has 0 aromatic heterocycles. The van der Waals surface area contributed by atoms with Crippen LogP contribution in [0.5, 0.6) is 0 Å². The number of nitrogens with one attached hydrogen (secondary N) is 1. The molecule has 1 aliphatic rings. The molecule has 0 bridgehead atoms. The minimum Gasteiger partial charge on any atom is -0.312 e. The molecule has 0 amide bonds. The number of halogens is 1. The Morgan fingerprint density at radius 3 is 2.83 bits per heavy atom. The van der Waals surface area contributed by atoms with Crippen LogP contribution in [0.3, 0.4) is 0 Å². The van der Waals surface area contributed by atoms with Gasteiger partial charge in [0.05, 0.1) is 11.5 Å². The highest BCUT2D eigenvalue weighted by Crippen LogP contribution is 2.19. The van der Waals surface area contributed by atoms with Crippen molar-refractivity contribution in [3.8, 4) is 0 Å². The zero-order chi connectivity index (χ0) is 13.2. The molecule has 0 unspecified atom stereocenters. The van der Waals surface area contributed by atoms with Gasteiger partial charge < -0.3 is 5.32 Å². The first-order chi connectivity index (χ1) is 8.46. The molecule has 0 saturated carbocycles. The second-order valence-electron chi connectivity index (χ2n) is 4.98. The smallest absolute Gasteiger partial charge is 0.150 e. The zero-order valence-corrected chi connectivity index (χ0v) is 12.9. The summed E-state index contributed by atoms with van der Waals surface area (Å²) in [6, 6.07) is 6.27. The highest BCUT2D eigenvalue weighted by Gasteiger charge is 2.27. The number of hydrogen-bond acceptors (Lipinski definition) is 3. The number of aryl methyl sites for hydroxylation is 1. The quantitative estimate of drug-likeness (QED) is 0.920. The summed E-state index contributed by atoms with van der Waals surface area (Å²) >= 11 is 3.48. The third-order valence-electron chi connectivity index (χ3n) is 3.31. The highest BCUT2D eigenvalue weighted by molar-refractivity contribution is 9.10. The maximum absolute atomic E-state index is 11.3. The SMILES string of the molecule is Cc1cc(CNC[C@H]2CCS(=O)(=O)C2)ccc1Br. The minimum atomic E-state index is -2.75. The number of rotatable bonds is 4. The fourth-order valence-corrected chi connectivity index (χ4v) is 4.38. The van der Waals surface area contributed by atoms with Crippen LogP contribution in [-0.2, 0) is 16.4 Å². The molecule has 0 spiro atoms. The predicted molar refractivity (Wildman–Crippen MR) is 77.3 cm³/mol. The molecular weight excluding hydrogens is 314 g/mol. The summed E-state index contributed by atoms with van der Waals surface area (Å²) in [4.78, 5) is 0. The summed E-state index contributed by atoms with van der Waals surface area (Å²) in [6.07, 6.45) is 0.800. The standard InChI is InChI=1S/C13H18BrNO2S/c1-10-6-11(2-3-13(10)14)7-15-8-12-4-5-18(16,17)9-12/h2-3,6,12,15H,4-5,7-9H2,1H3/t12-/m1/s1. The van der Waals surface area contributed by atoms with E-state index in [-0.39, 0.29) is 5.92 Å². The van der Waals surface area contributed by atoms with Crippen LogP contribution >= 0.6 is 15.9 Å². The third kappa shape index (κ3) is 3.80. The van der Waals surface area contributed by atoms with Crippen molar-refractivity contribution in [1.29, 1.82) is 0 Å². The van der Waals surface area contributed by atoms with Gasteiger partial charge in [0.2, 0.25) is 0 Å². The topological polar surface area (TPSA) is 46.2 Å². The van der Waals surface area contributed by atoms with Crippen molar-refractivity contribution >= 4 is 25.8 Å². The van der Waals surface area contributed by atoms with Gasteiger partial charge in [-0.25, -0.2) is 8.42 Å². The van der Waals surface area contributed by atoms with E-state index in [2.05, 4.69) is 40.3 Å². The maximum atomic E-state index is 11.3. The van der Waals surface area contributed by atoms with Crippen LogP contribution in [0.1, 0.15) is 17.5 Å². The van der Waals surface area contributed by atoms with Gasteiger partial charge in [-0.3, -0.25) is 0 Å². The summed E-state index contributed by atoms with van der Waals surface area (Å²) in [6.45, 7) is 3.65. The van der Waals surface area contributed by atoms with Crippen LogP contribution in [0, 0.1) is 12.8 Å². The van der Waals surface area contributed by atoms with Gasteiger partial charge in [0, 0.05) is 11.0 Å². The highest BCUT2D eigenvalue weighted by atomic mass is 79.9. The lowest BCUT2D eigenvalue weighted by atomic mass is 10.1. The minimum absolute atomic E-state index is 0.284. The van der Waals surface area contributed by atoms with Crippen molar-refractivity contribution in [3.05, 3.63) is 33.8 Å². The number of benzene rings is 1. The van der Waals surface area contributed by atoms with Gasteiger partial charge in [-0.15, -0.1) is 0 Å². The van der Waals surface area contributed by atoms with Crippen LogP contribution < -0.4 is 5.32 Å². The normalized spacial score (nSPS) is 22.2. The zero-order valence-electron chi connectivity index (χ0n) is 10.4. The molecule has 1 heterocycles. The summed E-state index contributed by atoms with van der Waals surface area (Å²) in [5.41, 5.74) is 2.45. The van der Waals surface area contributed by atoms with Crippen LogP contribution in [0.4, 0.5) is 0 Å². The Bertz CT molecular complexity index is 528. The molecule has 1 saturated heterocycles. The van der Waals surface area contributed by atoms with E-state index in [0.29, 0.717) is 11.5 Å². The van der Waals surface area contributed by atoms with Crippen molar-refractivity contribution in [2.45, 2.75) is 19.9 Å². The van der Waals surface area contributed by atoms with E-state index in [9.17, 15) is 8.42 Å². The fourth-order valence-electron chi connectivity index (χ4n) is 2.27. The van der Waals surface area contributed by atoms with E-state index in [1.165, 1.54) is 11.1 Å². The van der Waals surface area contributed by atoms with E-state index in [0.717, 1.165) is 24.0 Å². The van der Waals surface area contributed by atoms with E-state index in [4.69, 9.17) is 0 Å². The Labute approximate surface area is 117 Å². The third-order valence-corrected chi connectivity index (χ3v) is 6.04. The largest absolute Gasteiger partial charge is 0.312 e. The average Bonchev–Trinajstić information content (AvgIpc) is 2.63. The van der Waals surface area contributed by atoms with Gasteiger partial charge in [0.25, 0.3) is 0 Å². The molecule has 1 aliphatic heterocycles. The second kappa shape index (κ2) is 5.72. The molecule has 1 fully saturated rings. The molecule has 0 radical (unpaired) electrons. The monoisotopic (exact) mass is 331 g/mol. The second-order valence-corrected chi connectivity index (χ2v) is 8.07. The van der Waals surface area contributed by atoms with Crippen LogP contribution in [0.15, 0.2) is 22.7 Å². The molecule has 0 aliphatic carbocycles. The van der Waals surface area contributed by atoms with Crippen LogP contribution in [0.25, 0.3) is 0 Å². The van der Waals surface area contributed by atoms with Crippen molar-refractivity contribution < 1.29 is 8.42 Å². The van der Waals surface area contributed by atoms with Crippen molar-refractivity contribution in [2.75, 3.05) is 18.1 Å². The lowest BCUT2D eigenvalue weighted by Gasteiger charge is -2.10. The maximum Gasteiger partial charge on any atom is 0.150 e. The first-order valence-electron chi connectivity index (χ1n) is 6.12. The summed E-state index contributed by atoms with van der Waals surface area (Å²) in [5.74, 6) is 0.988. The van der Waals surface area contributed by atoms with Crippen molar-refractivity contribution in [2.24, 2.45) is 5.92 Å². The van der Waals surface area contributed by atoms with Crippen molar-refractivity contribution in [1.82, 2.24) is 5.32 Å².